The first-order valence-corrected chi connectivity index (χ1v) is 7.61. The molecule has 2 aliphatic rings. The number of pyridine rings is 1. The van der Waals surface area contributed by atoms with E-state index in [0.29, 0.717) is 5.92 Å². The largest absolute Gasteiger partial charge is 0.364 e. The first kappa shape index (κ1) is 14.5. The number of piperidine rings is 1. The van der Waals surface area contributed by atoms with Gasteiger partial charge in [0.2, 0.25) is 0 Å². The van der Waals surface area contributed by atoms with Gasteiger partial charge in [0.25, 0.3) is 5.91 Å². The van der Waals surface area contributed by atoms with Crippen LogP contribution in [-0.4, -0.2) is 60.1 Å². The van der Waals surface area contributed by atoms with Crippen molar-refractivity contribution < 1.29 is 9.53 Å². The summed E-state index contributed by atoms with van der Waals surface area (Å²) in [6.07, 6.45) is 5.63. The lowest BCUT2D eigenvalue weighted by molar-refractivity contribution is -0.141. The van der Waals surface area contributed by atoms with Crippen LogP contribution in [0.15, 0.2) is 24.5 Å². The van der Waals surface area contributed by atoms with E-state index in [0.717, 1.165) is 32.5 Å². The van der Waals surface area contributed by atoms with Crippen LogP contribution in [0.25, 0.3) is 0 Å². The highest BCUT2D eigenvalue weighted by atomic mass is 16.5. The number of rotatable bonds is 3. The van der Waals surface area contributed by atoms with E-state index >= 15 is 0 Å². The Bertz CT molecular complexity index is 492. The van der Waals surface area contributed by atoms with Crippen LogP contribution in [0.5, 0.6) is 0 Å². The SMILES string of the molecule is CN(C)C(=O)[C@@H]1C[C@H]2CCN(Cc3ccncc3)C[C@@H]2O1. The van der Waals surface area contributed by atoms with Gasteiger partial charge in [0.15, 0.2) is 0 Å². The molecule has 114 valence electrons. The minimum Gasteiger partial charge on any atom is -0.364 e. The van der Waals surface area contributed by atoms with Gasteiger partial charge in [0, 0.05) is 39.6 Å². The summed E-state index contributed by atoms with van der Waals surface area (Å²) in [5.41, 5.74) is 1.28. The van der Waals surface area contributed by atoms with Gasteiger partial charge in [-0.3, -0.25) is 14.7 Å². The highest BCUT2D eigenvalue weighted by Gasteiger charge is 2.42. The van der Waals surface area contributed by atoms with Crippen molar-refractivity contribution in [2.24, 2.45) is 5.92 Å². The molecule has 1 amide bonds. The molecule has 0 aliphatic carbocycles. The number of nitrogens with zero attached hydrogens (tertiary/aromatic N) is 3. The molecule has 21 heavy (non-hydrogen) atoms. The van der Waals surface area contributed by atoms with Crippen molar-refractivity contribution in [1.29, 1.82) is 0 Å². The summed E-state index contributed by atoms with van der Waals surface area (Å²) in [4.78, 5) is 20.1. The molecular formula is C16H23N3O2. The number of hydrogen-bond donors (Lipinski definition) is 0. The zero-order chi connectivity index (χ0) is 14.8. The van der Waals surface area contributed by atoms with E-state index in [4.69, 9.17) is 4.74 Å². The molecule has 0 radical (unpaired) electrons. The second-order valence-corrected chi connectivity index (χ2v) is 6.27. The van der Waals surface area contributed by atoms with Crippen molar-refractivity contribution >= 4 is 5.91 Å². The Balaban J connectivity index is 1.57. The van der Waals surface area contributed by atoms with Crippen molar-refractivity contribution in [3.63, 3.8) is 0 Å². The van der Waals surface area contributed by atoms with Crippen LogP contribution in [0.1, 0.15) is 18.4 Å². The second-order valence-electron chi connectivity index (χ2n) is 6.27. The maximum Gasteiger partial charge on any atom is 0.251 e. The molecule has 1 aromatic rings. The summed E-state index contributed by atoms with van der Waals surface area (Å²) < 4.78 is 6.01. The lowest BCUT2D eigenvalue weighted by Gasteiger charge is -2.34. The highest BCUT2D eigenvalue weighted by molar-refractivity contribution is 5.80. The third-order valence-corrected chi connectivity index (χ3v) is 4.51. The Hall–Kier alpha value is -1.46. The van der Waals surface area contributed by atoms with Gasteiger partial charge >= 0.3 is 0 Å². The number of carbonyl (C=O) groups is 1. The molecule has 2 fully saturated rings. The molecule has 0 bridgehead atoms. The summed E-state index contributed by atoms with van der Waals surface area (Å²) in [5.74, 6) is 0.637. The van der Waals surface area contributed by atoms with Crippen LogP contribution < -0.4 is 0 Å². The number of carbonyl (C=O) groups excluding carboxylic acids is 1. The summed E-state index contributed by atoms with van der Waals surface area (Å²) in [5, 5.41) is 0. The number of fused-ring (bicyclic) bond motifs is 1. The van der Waals surface area contributed by atoms with Crippen LogP contribution in [0.3, 0.4) is 0 Å². The summed E-state index contributed by atoms with van der Waals surface area (Å²) in [7, 11) is 3.59. The quantitative estimate of drug-likeness (QED) is 0.837. The van der Waals surface area contributed by atoms with Crippen molar-refractivity contribution in [1.82, 2.24) is 14.8 Å². The Morgan fingerprint density at radius 2 is 2.19 bits per heavy atom. The number of aromatic nitrogens is 1. The standard InChI is InChI=1S/C16H23N3O2/c1-18(2)16(20)14-9-13-5-8-19(11-15(13)21-14)10-12-3-6-17-7-4-12/h3-4,6-7,13-15H,5,8-11H2,1-2H3/t13-,14+,15+/m1/s1. The average Bonchev–Trinajstić information content (AvgIpc) is 2.90. The minimum atomic E-state index is -0.240. The predicted octanol–water partition coefficient (Wildman–Crippen LogP) is 1.15. The molecule has 3 atom stereocenters. The van der Waals surface area contributed by atoms with Gasteiger partial charge in [-0.05, 0) is 43.0 Å². The van der Waals surface area contributed by atoms with Crippen molar-refractivity contribution in [2.45, 2.75) is 31.6 Å². The maximum absolute atomic E-state index is 12.0. The van der Waals surface area contributed by atoms with Crippen molar-refractivity contribution in [2.75, 3.05) is 27.2 Å². The first-order valence-electron chi connectivity index (χ1n) is 7.61. The van der Waals surface area contributed by atoms with E-state index in [1.165, 1.54) is 5.56 Å². The molecular weight excluding hydrogens is 266 g/mol. The molecule has 3 rings (SSSR count). The lowest BCUT2D eigenvalue weighted by atomic mass is 9.91. The van der Waals surface area contributed by atoms with Gasteiger partial charge < -0.3 is 9.64 Å². The number of amides is 1. The predicted molar refractivity (Wildman–Crippen MR) is 79.6 cm³/mol. The molecule has 5 heteroatoms. The van der Waals surface area contributed by atoms with E-state index in [1.807, 2.05) is 12.4 Å². The number of likely N-dealkylation sites (N-methyl/N-ethyl adjacent to an activating group) is 1. The van der Waals surface area contributed by atoms with E-state index in [2.05, 4.69) is 22.0 Å². The fourth-order valence-corrected chi connectivity index (χ4v) is 3.33. The Labute approximate surface area is 125 Å². The zero-order valence-corrected chi connectivity index (χ0v) is 12.7. The summed E-state index contributed by atoms with van der Waals surface area (Å²) in [6, 6.07) is 4.11. The van der Waals surface area contributed by atoms with Gasteiger partial charge in [0.05, 0.1) is 6.10 Å². The number of hydrogen-bond acceptors (Lipinski definition) is 4. The summed E-state index contributed by atoms with van der Waals surface area (Å²) in [6.45, 7) is 2.93. The molecule has 0 N–H and O–H groups in total. The second kappa shape index (κ2) is 6.12. The van der Waals surface area contributed by atoms with E-state index in [-0.39, 0.29) is 18.1 Å². The van der Waals surface area contributed by atoms with Crippen molar-refractivity contribution in [3.05, 3.63) is 30.1 Å². The fraction of sp³-hybridized carbons (Fsp3) is 0.625. The van der Waals surface area contributed by atoms with Crippen LogP contribution in [0, 0.1) is 5.92 Å². The molecule has 2 saturated heterocycles. The Morgan fingerprint density at radius 1 is 1.43 bits per heavy atom. The van der Waals surface area contributed by atoms with Crippen LogP contribution >= 0.6 is 0 Å². The molecule has 0 unspecified atom stereocenters. The third-order valence-electron chi connectivity index (χ3n) is 4.51. The average molecular weight is 289 g/mol. The van der Waals surface area contributed by atoms with E-state index in [1.54, 1.807) is 19.0 Å². The highest BCUT2D eigenvalue weighted by Crippen LogP contribution is 2.34. The maximum atomic E-state index is 12.0. The van der Waals surface area contributed by atoms with Crippen LogP contribution in [0.2, 0.25) is 0 Å². The molecule has 5 nitrogen and oxygen atoms in total. The Kier molecular flexibility index (Phi) is 4.22. The van der Waals surface area contributed by atoms with E-state index < -0.39 is 0 Å². The smallest absolute Gasteiger partial charge is 0.251 e. The Morgan fingerprint density at radius 3 is 2.90 bits per heavy atom. The molecule has 2 aliphatic heterocycles. The van der Waals surface area contributed by atoms with Crippen LogP contribution in [0.4, 0.5) is 0 Å². The topological polar surface area (TPSA) is 45.7 Å². The molecule has 0 saturated carbocycles. The summed E-state index contributed by atoms with van der Waals surface area (Å²) >= 11 is 0. The molecule has 0 aromatic carbocycles. The van der Waals surface area contributed by atoms with Gasteiger partial charge in [-0.25, -0.2) is 0 Å². The van der Waals surface area contributed by atoms with Crippen LogP contribution in [-0.2, 0) is 16.1 Å². The number of likely N-dealkylation sites (tertiary alicyclic amines) is 1. The van der Waals surface area contributed by atoms with Gasteiger partial charge in [-0.15, -0.1) is 0 Å². The molecule has 1 aromatic heterocycles. The van der Waals surface area contributed by atoms with E-state index in [9.17, 15) is 4.79 Å². The minimum absolute atomic E-state index is 0.102. The fourth-order valence-electron chi connectivity index (χ4n) is 3.33. The zero-order valence-electron chi connectivity index (χ0n) is 12.7. The van der Waals surface area contributed by atoms with Gasteiger partial charge in [-0.2, -0.15) is 0 Å². The van der Waals surface area contributed by atoms with Crippen molar-refractivity contribution in [3.8, 4) is 0 Å². The normalized spacial score (nSPS) is 29.1. The van der Waals surface area contributed by atoms with Gasteiger partial charge in [0.1, 0.15) is 6.10 Å². The molecule has 0 spiro atoms. The number of ether oxygens (including phenoxy) is 1. The first-order chi connectivity index (χ1) is 10.1. The third kappa shape index (κ3) is 3.24. The monoisotopic (exact) mass is 289 g/mol. The van der Waals surface area contributed by atoms with Gasteiger partial charge in [-0.1, -0.05) is 0 Å². The lowest BCUT2D eigenvalue weighted by Crippen LogP contribution is -2.42. The molecule has 3 heterocycles.